The fourth-order valence-electron chi connectivity index (χ4n) is 2.22. The second kappa shape index (κ2) is 5.79. The van der Waals surface area contributed by atoms with E-state index in [9.17, 15) is 17.6 Å². The summed E-state index contributed by atoms with van der Waals surface area (Å²) < 4.78 is 38.6. The number of hydrogen-bond donors (Lipinski definition) is 0. The quantitative estimate of drug-likeness (QED) is 0.789. The van der Waals surface area contributed by atoms with Crippen molar-refractivity contribution in [3.05, 3.63) is 35.6 Å². The molecule has 0 aliphatic carbocycles. The molecule has 0 spiro atoms. The third kappa shape index (κ3) is 3.61. The SMILES string of the molecule is O=CC1CCCN(S(=O)(=O)Cc2ccc(F)cc2)C1. The van der Waals surface area contributed by atoms with E-state index in [1.807, 2.05) is 0 Å². The lowest BCUT2D eigenvalue weighted by Gasteiger charge is -2.29. The maximum atomic E-state index is 12.8. The van der Waals surface area contributed by atoms with Gasteiger partial charge in [0.25, 0.3) is 0 Å². The molecule has 1 atom stereocenters. The second-order valence-corrected chi connectivity index (χ2v) is 6.75. The minimum Gasteiger partial charge on any atom is -0.303 e. The Balaban J connectivity index is 2.09. The van der Waals surface area contributed by atoms with E-state index in [-0.39, 0.29) is 24.0 Å². The van der Waals surface area contributed by atoms with E-state index in [0.717, 1.165) is 12.7 Å². The molecule has 1 aliphatic rings. The molecule has 0 N–H and O–H groups in total. The minimum atomic E-state index is -3.44. The van der Waals surface area contributed by atoms with Crippen LogP contribution in [-0.4, -0.2) is 32.1 Å². The van der Waals surface area contributed by atoms with Crippen LogP contribution in [0.2, 0.25) is 0 Å². The van der Waals surface area contributed by atoms with E-state index in [1.54, 1.807) is 0 Å². The van der Waals surface area contributed by atoms with Gasteiger partial charge in [-0.3, -0.25) is 0 Å². The molecule has 1 aliphatic heterocycles. The number of rotatable bonds is 4. The molecule has 1 saturated heterocycles. The topological polar surface area (TPSA) is 54.5 Å². The molecule has 6 heteroatoms. The summed E-state index contributed by atoms with van der Waals surface area (Å²) in [4.78, 5) is 10.8. The highest BCUT2D eigenvalue weighted by Crippen LogP contribution is 2.20. The third-order valence-electron chi connectivity index (χ3n) is 3.27. The van der Waals surface area contributed by atoms with Crippen LogP contribution in [0.1, 0.15) is 18.4 Å². The number of benzene rings is 1. The van der Waals surface area contributed by atoms with Crippen molar-refractivity contribution >= 4 is 16.3 Å². The van der Waals surface area contributed by atoms with E-state index in [2.05, 4.69) is 0 Å². The van der Waals surface area contributed by atoms with Crippen molar-refractivity contribution in [2.45, 2.75) is 18.6 Å². The van der Waals surface area contributed by atoms with Gasteiger partial charge in [0.1, 0.15) is 12.1 Å². The number of carbonyl (C=O) groups is 1. The van der Waals surface area contributed by atoms with Gasteiger partial charge in [-0.1, -0.05) is 12.1 Å². The predicted molar refractivity (Wildman–Crippen MR) is 69.4 cm³/mol. The van der Waals surface area contributed by atoms with Crippen molar-refractivity contribution in [1.29, 1.82) is 0 Å². The normalized spacial score (nSPS) is 21.2. The first-order valence-electron chi connectivity index (χ1n) is 6.19. The Morgan fingerprint density at radius 1 is 1.32 bits per heavy atom. The highest BCUT2D eigenvalue weighted by atomic mass is 32.2. The van der Waals surface area contributed by atoms with Gasteiger partial charge in [0.15, 0.2) is 0 Å². The summed E-state index contributed by atoms with van der Waals surface area (Å²) in [6, 6.07) is 5.42. The molecule has 0 amide bonds. The van der Waals surface area contributed by atoms with Gasteiger partial charge >= 0.3 is 0 Å². The second-order valence-electron chi connectivity index (χ2n) is 4.78. The van der Waals surface area contributed by atoms with E-state index in [0.29, 0.717) is 18.5 Å². The standard InChI is InChI=1S/C13H16FNO3S/c14-13-5-3-11(4-6-13)10-19(17,18)15-7-1-2-12(8-15)9-16/h3-6,9,12H,1-2,7-8,10H2. The van der Waals surface area contributed by atoms with Crippen LogP contribution >= 0.6 is 0 Å². The lowest BCUT2D eigenvalue weighted by molar-refractivity contribution is -0.112. The molecule has 1 aromatic carbocycles. The Labute approximate surface area is 112 Å². The Kier molecular flexibility index (Phi) is 4.31. The van der Waals surface area contributed by atoms with Crippen molar-refractivity contribution in [2.75, 3.05) is 13.1 Å². The van der Waals surface area contributed by atoms with Crippen molar-refractivity contribution in [3.8, 4) is 0 Å². The smallest absolute Gasteiger partial charge is 0.218 e. The summed E-state index contributed by atoms with van der Waals surface area (Å²) in [5.41, 5.74) is 0.551. The number of hydrogen-bond acceptors (Lipinski definition) is 3. The zero-order valence-electron chi connectivity index (χ0n) is 10.5. The number of sulfonamides is 1. The molecule has 4 nitrogen and oxygen atoms in total. The summed E-state index contributed by atoms with van der Waals surface area (Å²) in [5.74, 6) is -0.754. The average molecular weight is 285 g/mol. The Bertz CT molecular complexity index is 542. The summed E-state index contributed by atoms with van der Waals surface area (Å²) in [6.45, 7) is 0.709. The first-order chi connectivity index (χ1) is 9.01. The largest absolute Gasteiger partial charge is 0.303 e. The predicted octanol–water partition coefficient (Wildman–Crippen LogP) is 1.57. The van der Waals surface area contributed by atoms with Gasteiger partial charge in [-0.15, -0.1) is 0 Å². The highest BCUT2D eigenvalue weighted by Gasteiger charge is 2.28. The van der Waals surface area contributed by atoms with Crippen LogP contribution in [0.25, 0.3) is 0 Å². The van der Waals surface area contributed by atoms with E-state index >= 15 is 0 Å². The van der Waals surface area contributed by atoms with Gasteiger partial charge in [0.05, 0.1) is 5.75 Å². The lowest BCUT2D eigenvalue weighted by atomic mass is 10.0. The molecule has 0 aromatic heterocycles. The molecule has 19 heavy (non-hydrogen) atoms. The van der Waals surface area contributed by atoms with Crippen LogP contribution in [0.5, 0.6) is 0 Å². The van der Waals surface area contributed by atoms with Gasteiger partial charge in [-0.2, -0.15) is 0 Å². The highest BCUT2D eigenvalue weighted by molar-refractivity contribution is 7.88. The fraction of sp³-hybridized carbons (Fsp3) is 0.462. The maximum Gasteiger partial charge on any atom is 0.218 e. The summed E-state index contributed by atoms with van der Waals surface area (Å²) in [7, 11) is -3.44. The van der Waals surface area contributed by atoms with Crippen LogP contribution in [0.4, 0.5) is 4.39 Å². The first kappa shape index (κ1) is 14.1. The maximum absolute atomic E-state index is 12.8. The van der Waals surface area contributed by atoms with Gasteiger partial charge in [-0.25, -0.2) is 17.1 Å². The van der Waals surface area contributed by atoms with Crippen LogP contribution in [-0.2, 0) is 20.6 Å². The van der Waals surface area contributed by atoms with Gasteiger partial charge < -0.3 is 4.79 Å². The van der Waals surface area contributed by atoms with Crippen LogP contribution in [0.15, 0.2) is 24.3 Å². The zero-order valence-corrected chi connectivity index (χ0v) is 11.3. The monoisotopic (exact) mass is 285 g/mol. The minimum absolute atomic E-state index is 0.154. The van der Waals surface area contributed by atoms with Crippen molar-refractivity contribution in [3.63, 3.8) is 0 Å². The molecular formula is C13H16FNO3S. The molecule has 0 bridgehead atoms. The van der Waals surface area contributed by atoms with Gasteiger partial charge in [0.2, 0.25) is 10.0 Å². The number of piperidine rings is 1. The molecule has 2 rings (SSSR count). The molecule has 0 saturated carbocycles. The zero-order chi connectivity index (χ0) is 13.9. The molecule has 0 radical (unpaired) electrons. The van der Waals surface area contributed by atoms with E-state index in [1.165, 1.54) is 28.6 Å². The van der Waals surface area contributed by atoms with Crippen molar-refractivity contribution < 1.29 is 17.6 Å². The molecule has 1 heterocycles. The number of carbonyl (C=O) groups excluding carboxylic acids is 1. The van der Waals surface area contributed by atoms with Gasteiger partial charge in [0, 0.05) is 19.0 Å². The molecule has 1 aromatic rings. The first-order valence-corrected chi connectivity index (χ1v) is 7.80. The molecule has 1 unspecified atom stereocenters. The van der Waals surface area contributed by atoms with Crippen LogP contribution in [0, 0.1) is 11.7 Å². The molecular weight excluding hydrogens is 269 g/mol. The lowest BCUT2D eigenvalue weighted by Crippen LogP contribution is -2.40. The van der Waals surface area contributed by atoms with Crippen LogP contribution < -0.4 is 0 Å². The fourth-order valence-corrected chi connectivity index (χ4v) is 3.84. The molecule has 1 fully saturated rings. The summed E-state index contributed by atoms with van der Waals surface area (Å²) in [6.07, 6.45) is 2.26. The average Bonchev–Trinajstić information content (AvgIpc) is 2.41. The van der Waals surface area contributed by atoms with E-state index in [4.69, 9.17) is 0 Å². The number of aldehydes is 1. The Morgan fingerprint density at radius 2 is 2.00 bits per heavy atom. The summed E-state index contributed by atoms with van der Waals surface area (Å²) in [5, 5.41) is 0. The van der Waals surface area contributed by atoms with Crippen molar-refractivity contribution in [2.24, 2.45) is 5.92 Å². The number of nitrogens with zero attached hydrogens (tertiary/aromatic N) is 1. The van der Waals surface area contributed by atoms with Crippen molar-refractivity contribution in [1.82, 2.24) is 4.31 Å². The molecule has 104 valence electrons. The van der Waals surface area contributed by atoms with Crippen LogP contribution in [0.3, 0.4) is 0 Å². The Morgan fingerprint density at radius 3 is 2.63 bits per heavy atom. The Hall–Kier alpha value is -1.27. The van der Waals surface area contributed by atoms with E-state index < -0.39 is 10.0 Å². The third-order valence-corrected chi connectivity index (χ3v) is 5.09. The number of halogens is 1. The van der Waals surface area contributed by atoms with Gasteiger partial charge in [-0.05, 0) is 30.5 Å². The summed E-state index contributed by atoms with van der Waals surface area (Å²) >= 11 is 0.